The van der Waals surface area contributed by atoms with E-state index in [4.69, 9.17) is 16.3 Å². The van der Waals surface area contributed by atoms with Crippen molar-refractivity contribution in [1.82, 2.24) is 10.2 Å². The number of aromatic nitrogens is 2. The summed E-state index contributed by atoms with van der Waals surface area (Å²) in [6.07, 6.45) is 0. The van der Waals surface area contributed by atoms with E-state index in [1.54, 1.807) is 42.5 Å². The lowest BCUT2D eigenvalue weighted by Crippen LogP contribution is -2.09. The molecule has 1 N–H and O–H groups in total. The van der Waals surface area contributed by atoms with Crippen LogP contribution in [0, 0.1) is 0 Å². The lowest BCUT2D eigenvalue weighted by atomic mass is 10.2. The highest BCUT2D eigenvalue weighted by atomic mass is 35.5. The Hall–Kier alpha value is -2.33. The summed E-state index contributed by atoms with van der Waals surface area (Å²) in [4.78, 5) is 11.6. The van der Waals surface area contributed by atoms with Crippen molar-refractivity contribution in [2.75, 3.05) is 0 Å². The molecule has 0 spiro atoms. The Bertz CT molecular complexity index is 781. The molecule has 0 aliphatic rings. The minimum atomic E-state index is -0.237. The van der Waals surface area contributed by atoms with Crippen molar-refractivity contribution in [1.29, 1.82) is 0 Å². The first-order valence-corrected chi connectivity index (χ1v) is 6.03. The monoisotopic (exact) mass is 272 g/mol. The summed E-state index contributed by atoms with van der Waals surface area (Å²) in [5, 5.41) is 8.19. The maximum absolute atomic E-state index is 11.6. The van der Waals surface area contributed by atoms with Gasteiger partial charge in [0, 0.05) is 5.02 Å². The fourth-order valence-electron chi connectivity index (χ4n) is 1.78. The second-order valence-corrected chi connectivity index (χ2v) is 4.40. The van der Waals surface area contributed by atoms with E-state index in [-0.39, 0.29) is 5.56 Å². The minimum Gasteiger partial charge on any atom is -0.437 e. The maximum Gasteiger partial charge on any atom is 0.272 e. The first-order chi connectivity index (χ1) is 9.24. The van der Waals surface area contributed by atoms with Crippen LogP contribution in [0.4, 0.5) is 0 Å². The molecule has 0 aliphatic carbocycles. The van der Waals surface area contributed by atoms with Gasteiger partial charge in [0.1, 0.15) is 5.75 Å². The molecule has 0 amide bonds. The van der Waals surface area contributed by atoms with E-state index in [2.05, 4.69) is 10.2 Å². The molecule has 1 heterocycles. The Morgan fingerprint density at radius 1 is 1.00 bits per heavy atom. The Morgan fingerprint density at radius 2 is 1.68 bits per heavy atom. The van der Waals surface area contributed by atoms with E-state index in [1.807, 2.05) is 6.07 Å². The highest BCUT2D eigenvalue weighted by Crippen LogP contribution is 2.26. The minimum absolute atomic E-state index is 0.237. The fourth-order valence-corrected chi connectivity index (χ4v) is 1.91. The Labute approximate surface area is 113 Å². The average molecular weight is 273 g/mol. The van der Waals surface area contributed by atoms with E-state index in [0.29, 0.717) is 27.4 Å². The highest BCUT2D eigenvalue weighted by molar-refractivity contribution is 6.30. The van der Waals surface area contributed by atoms with Crippen LogP contribution in [0.5, 0.6) is 11.6 Å². The molecule has 1 aromatic heterocycles. The number of benzene rings is 2. The van der Waals surface area contributed by atoms with Gasteiger partial charge in [-0.3, -0.25) is 4.79 Å². The number of rotatable bonds is 2. The predicted molar refractivity (Wildman–Crippen MR) is 73.9 cm³/mol. The number of aromatic amines is 1. The third-order valence-corrected chi connectivity index (χ3v) is 2.94. The van der Waals surface area contributed by atoms with Gasteiger partial charge in [-0.2, -0.15) is 0 Å². The van der Waals surface area contributed by atoms with Crippen LogP contribution in [0.3, 0.4) is 0 Å². The molecule has 0 atom stereocenters. The van der Waals surface area contributed by atoms with Gasteiger partial charge in [0.05, 0.1) is 10.8 Å². The first kappa shape index (κ1) is 11.7. The van der Waals surface area contributed by atoms with Crippen molar-refractivity contribution >= 4 is 22.4 Å². The Kier molecular flexibility index (Phi) is 2.93. The zero-order chi connectivity index (χ0) is 13.2. The van der Waals surface area contributed by atoms with Gasteiger partial charge in [-0.1, -0.05) is 23.7 Å². The maximum atomic E-state index is 11.6. The van der Waals surface area contributed by atoms with Crippen LogP contribution in [-0.2, 0) is 0 Å². The Morgan fingerprint density at radius 3 is 2.42 bits per heavy atom. The van der Waals surface area contributed by atoms with Gasteiger partial charge in [-0.25, -0.2) is 5.10 Å². The van der Waals surface area contributed by atoms with Crippen LogP contribution in [0.25, 0.3) is 10.8 Å². The quantitative estimate of drug-likeness (QED) is 0.778. The third kappa shape index (κ3) is 2.30. The van der Waals surface area contributed by atoms with Crippen LogP contribution in [0.15, 0.2) is 53.3 Å². The second kappa shape index (κ2) is 4.74. The van der Waals surface area contributed by atoms with Gasteiger partial charge >= 0.3 is 0 Å². The number of hydrogen-bond acceptors (Lipinski definition) is 3. The smallest absolute Gasteiger partial charge is 0.272 e. The SMILES string of the molecule is O=c1[nH]nc(Oc2ccc(Cl)cc2)c2ccccc12. The van der Waals surface area contributed by atoms with Crippen molar-refractivity contribution in [3.05, 3.63) is 63.9 Å². The zero-order valence-corrected chi connectivity index (χ0v) is 10.5. The van der Waals surface area contributed by atoms with Crippen LogP contribution in [-0.4, -0.2) is 10.2 Å². The van der Waals surface area contributed by atoms with Crippen LogP contribution in [0.2, 0.25) is 5.02 Å². The molecule has 19 heavy (non-hydrogen) atoms. The molecule has 0 saturated carbocycles. The molecule has 4 nitrogen and oxygen atoms in total. The molecular weight excluding hydrogens is 264 g/mol. The van der Waals surface area contributed by atoms with Crippen molar-refractivity contribution < 1.29 is 4.74 Å². The molecule has 0 aliphatic heterocycles. The molecular formula is C14H9ClN2O2. The molecule has 94 valence electrons. The van der Waals surface area contributed by atoms with Crippen molar-refractivity contribution in [3.63, 3.8) is 0 Å². The van der Waals surface area contributed by atoms with Crippen molar-refractivity contribution in [3.8, 4) is 11.6 Å². The molecule has 3 aromatic rings. The summed E-state index contributed by atoms with van der Waals surface area (Å²) in [5.41, 5.74) is -0.237. The summed E-state index contributed by atoms with van der Waals surface area (Å²) >= 11 is 5.81. The molecule has 0 saturated heterocycles. The molecule has 0 fully saturated rings. The molecule has 2 aromatic carbocycles. The number of nitrogens with one attached hydrogen (secondary N) is 1. The highest BCUT2D eigenvalue weighted by Gasteiger charge is 2.07. The van der Waals surface area contributed by atoms with E-state index in [0.717, 1.165) is 0 Å². The number of hydrogen-bond donors (Lipinski definition) is 1. The molecule has 5 heteroatoms. The summed E-state index contributed by atoms with van der Waals surface area (Å²) in [5.74, 6) is 0.964. The van der Waals surface area contributed by atoms with Gasteiger partial charge in [0.25, 0.3) is 5.56 Å². The molecule has 0 radical (unpaired) electrons. The average Bonchev–Trinajstić information content (AvgIpc) is 2.45. The number of H-pyrrole nitrogens is 1. The van der Waals surface area contributed by atoms with E-state index in [9.17, 15) is 4.79 Å². The van der Waals surface area contributed by atoms with Crippen molar-refractivity contribution in [2.45, 2.75) is 0 Å². The molecule has 3 rings (SSSR count). The standard InChI is InChI=1S/C14H9ClN2O2/c15-9-5-7-10(8-6-9)19-14-12-4-2-1-3-11(12)13(18)16-17-14/h1-8H,(H,16,18). The lowest BCUT2D eigenvalue weighted by molar-refractivity contribution is 0.461. The zero-order valence-electron chi connectivity index (χ0n) is 9.76. The Balaban J connectivity index is 2.08. The number of ether oxygens (including phenoxy) is 1. The predicted octanol–water partition coefficient (Wildman–Crippen LogP) is 3.37. The van der Waals surface area contributed by atoms with E-state index in [1.165, 1.54) is 0 Å². The van der Waals surface area contributed by atoms with Crippen LogP contribution >= 0.6 is 11.6 Å². The normalized spacial score (nSPS) is 10.6. The second-order valence-electron chi connectivity index (χ2n) is 3.96. The van der Waals surface area contributed by atoms with E-state index < -0.39 is 0 Å². The third-order valence-electron chi connectivity index (χ3n) is 2.69. The topological polar surface area (TPSA) is 55.0 Å². The largest absolute Gasteiger partial charge is 0.437 e. The van der Waals surface area contributed by atoms with Crippen molar-refractivity contribution in [2.24, 2.45) is 0 Å². The van der Waals surface area contributed by atoms with Gasteiger partial charge in [-0.15, -0.1) is 5.10 Å². The van der Waals surface area contributed by atoms with Crippen LogP contribution < -0.4 is 10.3 Å². The summed E-state index contributed by atoms with van der Waals surface area (Å²) < 4.78 is 5.66. The fraction of sp³-hybridized carbons (Fsp3) is 0. The lowest BCUT2D eigenvalue weighted by Gasteiger charge is -2.06. The summed E-state index contributed by atoms with van der Waals surface area (Å²) in [6, 6.07) is 14.1. The number of halogens is 1. The molecule has 0 unspecified atom stereocenters. The van der Waals surface area contributed by atoms with Gasteiger partial charge < -0.3 is 4.74 Å². The van der Waals surface area contributed by atoms with Gasteiger partial charge in [0.15, 0.2) is 0 Å². The summed E-state index contributed by atoms with van der Waals surface area (Å²) in [6.45, 7) is 0. The van der Waals surface area contributed by atoms with Crippen LogP contribution in [0.1, 0.15) is 0 Å². The van der Waals surface area contributed by atoms with Gasteiger partial charge in [-0.05, 0) is 36.4 Å². The molecule has 0 bridgehead atoms. The first-order valence-electron chi connectivity index (χ1n) is 5.65. The number of fused-ring (bicyclic) bond motifs is 1. The van der Waals surface area contributed by atoms with E-state index >= 15 is 0 Å². The number of nitrogens with zero attached hydrogens (tertiary/aromatic N) is 1. The van der Waals surface area contributed by atoms with Gasteiger partial charge in [0.2, 0.25) is 5.88 Å². The summed E-state index contributed by atoms with van der Waals surface area (Å²) in [7, 11) is 0.